The normalized spacial score (nSPS) is 16.8. The molecule has 194 valence electrons. The zero-order valence-corrected chi connectivity index (χ0v) is 21.8. The Kier molecular flexibility index (Phi) is 7.83. The van der Waals surface area contributed by atoms with E-state index in [1.54, 1.807) is 41.7 Å². The number of carbonyl (C=O) groups excluding carboxylic acids is 3. The van der Waals surface area contributed by atoms with Crippen LogP contribution in [0.1, 0.15) is 52.4 Å². The number of benzene rings is 2. The fourth-order valence-electron chi connectivity index (χ4n) is 4.46. The molecule has 0 radical (unpaired) electrons. The monoisotopic (exact) mass is 523 g/mol. The molecule has 1 aliphatic rings. The summed E-state index contributed by atoms with van der Waals surface area (Å²) in [7, 11) is 1.60. The van der Waals surface area contributed by atoms with Gasteiger partial charge >= 0.3 is 0 Å². The van der Waals surface area contributed by atoms with Gasteiger partial charge in [0.25, 0.3) is 11.8 Å². The Hall–Kier alpha value is -3.85. The van der Waals surface area contributed by atoms with E-state index in [9.17, 15) is 14.4 Å². The topological polar surface area (TPSA) is 106 Å². The quantitative estimate of drug-likeness (QED) is 0.447. The van der Waals surface area contributed by atoms with Crippen LogP contribution in [-0.4, -0.2) is 51.4 Å². The first-order valence-corrected chi connectivity index (χ1v) is 12.5. The third-order valence-electron chi connectivity index (χ3n) is 6.47. The lowest BCUT2D eigenvalue weighted by atomic mass is 9.93. The van der Waals surface area contributed by atoms with Gasteiger partial charge in [0.2, 0.25) is 5.91 Å². The molecule has 1 aromatic heterocycles. The molecule has 1 atom stereocenters. The predicted octanol–water partition coefficient (Wildman–Crippen LogP) is 3.42. The number of methoxy groups -OCH3 is 1. The summed E-state index contributed by atoms with van der Waals surface area (Å²) >= 11 is 6.02. The highest BCUT2D eigenvalue weighted by atomic mass is 35.5. The molecule has 0 bridgehead atoms. The van der Waals surface area contributed by atoms with Crippen LogP contribution in [-0.2, 0) is 24.4 Å². The largest absolute Gasteiger partial charge is 0.497 e. The third kappa shape index (κ3) is 5.46. The molecule has 0 spiro atoms. The van der Waals surface area contributed by atoms with E-state index in [4.69, 9.17) is 16.3 Å². The molecule has 37 heavy (non-hydrogen) atoms. The van der Waals surface area contributed by atoms with Crippen molar-refractivity contribution in [1.29, 1.82) is 0 Å². The minimum Gasteiger partial charge on any atom is -0.497 e. The second-order valence-electron chi connectivity index (χ2n) is 9.14. The summed E-state index contributed by atoms with van der Waals surface area (Å²) in [4.78, 5) is 45.8. The van der Waals surface area contributed by atoms with Crippen LogP contribution in [0, 0.1) is 0 Å². The van der Waals surface area contributed by atoms with E-state index in [2.05, 4.69) is 15.6 Å². The Morgan fingerprint density at radius 3 is 2.51 bits per heavy atom. The van der Waals surface area contributed by atoms with Crippen LogP contribution in [0.25, 0.3) is 0 Å². The Morgan fingerprint density at radius 1 is 1.11 bits per heavy atom. The van der Waals surface area contributed by atoms with E-state index in [1.807, 2.05) is 37.3 Å². The second-order valence-corrected chi connectivity index (χ2v) is 9.58. The van der Waals surface area contributed by atoms with Crippen LogP contribution < -0.4 is 15.4 Å². The van der Waals surface area contributed by atoms with E-state index >= 15 is 0 Å². The maximum atomic E-state index is 13.7. The van der Waals surface area contributed by atoms with Crippen LogP contribution in [0.15, 0.2) is 54.9 Å². The number of amides is 3. The maximum Gasteiger partial charge on any atom is 0.273 e. The van der Waals surface area contributed by atoms with Gasteiger partial charge in [0, 0.05) is 24.7 Å². The number of ether oxygens (including phenoxy) is 1. The van der Waals surface area contributed by atoms with E-state index < -0.39 is 17.4 Å². The molecule has 2 aromatic carbocycles. The molecule has 2 N–H and O–H groups in total. The third-order valence-corrected chi connectivity index (χ3v) is 6.70. The number of fused-ring (bicyclic) bond motifs is 1. The van der Waals surface area contributed by atoms with Gasteiger partial charge in [0.15, 0.2) is 5.69 Å². The summed E-state index contributed by atoms with van der Waals surface area (Å²) in [5, 5.41) is 6.34. The number of aromatic nitrogens is 2. The van der Waals surface area contributed by atoms with Crippen LogP contribution in [0.2, 0.25) is 5.02 Å². The molecular weight excluding hydrogens is 494 g/mol. The summed E-state index contributed by atoms with van der Waals surface area (Å²) in [6.45, 7) is 4.76. The molecule has 4 rings (SSSR count). The molecule has 9 nitrogen and oxygen atoms in total. The van der Waals surface area contributed by atoms with Crippen molar-refractivity contribution in [3.8, 4) is 5.75 Å². The van der Waals surface area contributed by atoms with Gasteiger partial charge < -0.3 is 24.8 Å². The van der Waals surface area contributed by atoms with Crippen LogP contribution in [0.5, 0.6) is 5.75 Å². The lowest BCUT2D eigenvalue weighted by Crippen LogP contribution is -2.64. The minimum absolute atomic E-state index is 0.0359. The molecule has 1 unspecified atom stereocenters. The maximum absolute atomic E-state index is 13.7. The molecule has 0 fully saturated rings. The Labute approximate surface area is 220 Å². The standard InChI is InChI=1S/C27H30ClN5O4/c1-4-12-33-25(35)23-22(24(34)29-15-19-6-5-7-20(28)13-19)31-17-32(23)16-27(33,2)26(36)30-14-18-8-10-21(37-3)11-9-18/h5-11,13,17H,4,12,14-16H2,1-3H3,(H,29,34)(H,30,36). The first-order valence-electron chi connectivity index (χ1n) is 12.1. The number of nitrogens with zero attached hydrogens (tertiary/aromatic N) is 3. The first-order chi connectivity index (χ1) is 17.8. The molecule has 3 aromatic rings. The van der Waals surface area contributed by atoms with Crippen molar-refractivity contribution in [3.05, 3.63) is 82.4 Å². The molecule has 0 aliphatic carbocycles. The fourth-order valence-corrected chi connectivity index (χ4v) is 4.67. The van der Waals surface area contributed by atoms with Gasteiger partial charge in [-0.1, -0.05) is 42.8 Å². The van der Waals surface area contributed by atoms with Gasteiger partial charge in [-0.25, -0.2) is 4.98 Å². The molecule has 10 heteroatoms. The van der Waals surface area contributed by atoms with Crippen LogP contribution >= 0.6 is 11.6 Å². The van der Waals surface area contributed by atoms with E-state index in [0.717, 1.165) is 16.9 Å². The van der Waals surface area contributed by atoms with Crippen LogP contribution in [0.4, 0.5) is 0 Å². The van der Waals surface area contributed by atoms with Gasteiger partial charge in [-0.15, -0.1) is 0 Å². The van der Waals surface area contributed by atoms with Crippen molar-refractivity contribution in [1.82, 2.24) is 25.1 Å². The second kappa shape index (κ2) is 11.0. The SMILES string of the molecule is CCCN1C(=O)c2c(C(=O)NCc3cccc(Cl)c3)ncn2CC1(C)C(=O)NCc1ccc(OC)cc1. The van der Waals surface area contributed by atoms with Gasteiger partial charge in [-0.05, 0) is 48.7 Å². The smallest absolute Gasteiger partial charge is 0.273 e. The van der Waals surface area contributed by atoms with Crippen molar-refractivity contribution in [3.63, 3.8) is 0 Å². The first kappa shape index (κ1) is 26.2. The zero-order chi connectivity index (χ0) is 26.6. The van der Waals surface area contributed by atoms with Gasteiger partial charge in [-0.3, -0.25) is 14.4 Å². The number of rotatable bonds is 9. The van der Waals surface area contributed by atoms with Crippen molar-refractivity contribution in [2.45, 2.75) is 45.4 Å². The predicted molar refractivity (Wildman–Crippen MR) is 139 cm³/mol. The van der Waals surface area contributed by atoms with E-state index in [-0.39, 0.29) is 30.4 Å². The van der Waals surface area contributed by atoms with Crippen molar-refractivity contribution in [2.24, 2.45) is 0 Å². The number of nitrogens with one attached hydrogen (secondary N) is 2. The lowest BCUT2D eigenvalue weighted by molar-refractivity contribution is -0.133. The summed E-state index contributed by atoms with van der Waals surface area (Å²) in [6, 6.07) is 14.6. The highest BCUT2D eigenvalue weighted by Gasteiger charge is 2.48. The summed E-state index contributed by atoms with van der Waals surface area (Å²) in [5.74, 6) is -0.419. The average Bonchev–Trinajstić information content (AvgIpc) is 3.32. The van der Waals surface area contributed by atoms with Crippen molar-refractivity contribution in [2.75, 3.05) is 13.7 Å². The van der Waals surface area contributed by atoms with Gasteiger partial charge in [-0.2, -0.15) is 0 Å². The molecule has 2 heterocycles. The highest BCUT2D eigenvalue weighted by Crippen LogP contribution is 2.29. The van der Waals surface area contributed by atoms with Crippen LogP contribution in [0.3, 0.4) is 0 Å². The molecule has 0 saturated carbocycles. The summed E-state index contributed by atoms with van der Waals surface area (Å²) in [5.41, 5.74) is 0.797. The summed E-state index contributed by atoms with van der Waals surface area (Å²) in [6.07, 6.45) is 2.09. The molecular formula is C27H30ClN5O4. The number of carbonyl (C=O) groups is 3. The Balaban J connectivity index is 1.52. The average molecular weight is 524 g/mol. The number of halogens is 1. The number of hydrogen-bond donors (Lipinski definition) is 2. The van der Waals surface area contributed by atoms with Crippen molar-refractivity contribution < 1.29 is 19.1 Å². The highest BCUT2D eigenvalue weighted by molar-refractivity contribution is 6.30. The van der Waals surface area contributed by atoms with E-state index in [0.29, 0.717) is 24.5 Å². The lowest BCUT2D eigenvalue weighted by Gasteiger charge is -2.43. The molecule has 0 saturated heterocycles. The zero-order valence-electron chi connectivity index (χ0n) is 21.1. The number of imidazole rings is 1. The van der Waals surface area contributed by atoms with Gasteiger partial charge in [0.1, 0.15) is 17.0 Å². The van der Waals surface area contributed by atoms with E-state index in [1.165, 1.54) is 6.33 Å². The summed E-state index contributed by atoms with van der Waals surface area (Å²) < 4.78 is 6.77. The molecule has 1 aliphatic heterocycles. The van der Waals surface area contributed by atoms with Gasteiger partial charge in [0.05, 0.1) is 20.0 Å². The number of hydrogen-bond acceptors (Lipinski definition) is 5. The Bertz CT molecular complexity index is 1310. The molecule has 3 amide bonds. The Morgan fingerprint density at radius 2 is 1.84 bits per heavy atom. The van der Waals surface area contributed by atoms with Crippen molar-refractivity contribution >= 4 is 29.3 Å². The minimum atomic E-state index is -1.15. The fraction of sp³-hybridized carbons (Fsp3) is 0.333.